The Hall–Kier alpha value is -4.22. The summed E-state index contributed by atoms with van der Waals surface area (Å²) < 4.78 is 52.1. The van der Waals surface area contributed by atoms with Gasteiger partial charge in [-0.3, -0.25) is 4.79 Å². The first-order valence-corrected chi connectivity index (χ1v) is 23.6. The van der Waals surface area contributed by atoms with Crippen molar-refractivity contribution in [2.75, 3.05) is 27.9 Å². The first-order chi connectivity index (χ1) is 31.6. The number of hydrogen-bond acceptors (Lipinski definition) is 15. The third-order valence-corrected chi connectivity index (χ3v) is 14.4. The van der Waals surface area contributed by atoms with Gasteiger partial charge in [0, 0.05) is 44.3 Å². The van der Waals surface area contributed by atoms with Gasteiger partial charge in [-0.1, -0.05) is 105 Å². The monoisotopic (exact) mass is 918 g/mol. The Balaban J connectivity index is 1.20. The topological polar surface area (TPSA) is 171 Å². The molecule has 5 aliphatic heterocycles. The minimum absolute atomic E-state index is 0.0204. The summed E-state index contributed by atoms with van der Waals surface area (Å²) in [4.78, 5) is 38.3. The summed E-state index contributed by atoms with van der Waals surface area (Å²) in [6.45, 7) is 14.4. The van der Waals surface area contributed by atoms with E-state index in [0.29, 0.717) is 59.9 Å². The van der Waals surface area contributed by atoms with E-state index >= 15 is 0 Å². The number of nitrogens with zero attached hydrogens (tertiary/aromatic N) is 2. The molecule has 6 aliphatic rings. The van der Waals surface area contributed by atoms with E-state index < -0.39 is 72.2 Å². The van der Waals surface area contributed by atoms with Crippen LogP contribution in [0.1, 0.15) is 99.0 Å². The molecule has 4 saturated heterocycles. The second kappa shape index (κ2) is 21.4. The van der Waals surface area contributed by atoms with Crippen molar-refractivity contribution in [2.24, 2.45) is 34.0 Å². The highest BCUT2D eigenvalue weighted by Gasteiger charge is 2.60. The van der Waals surface area contributed by atoms with Crippen molar-refractivity contribution < 1.29 is 62.3 Å². The maximum Gasteiger partial charge on any atom is 0.361 e. The highest BCUT2D eigenvalue weighted by molar-refractivity contribution is 6.43. The summed E-state index contributed by atoms with van der Waals surface area (Å²) in [7, 11) is 4.39. The van der Waals surface area contributed by atoms with Crippen molar-refractivity contribution in [3.8, 4) is 0 Å². The molecule has 1 aromatic carbocycles. The molecule has 1 aliphatic carbocycles. The Morgan fingerprint density at radius 3 is 2.52 bits per heavy atom. The quantitative estimate of drug-likeness (QED) is 0.107. The number of esters is 2. The van der Waals surface area contributed by atoms with Crippen LogP contribution >= 0.6 is 0 Å². The van der Waals surface area contributed by atoms with Crippen LogP contribution in [0.15, 0.2) is 87.7 Å². The molecule has 0 saturated carbocycles. The zero-order valence-electron chi connectivity index (χ0n) is 40.2. The lowest BCUT2D eigenvalue weighted by Gasteiger charge is -2.51. The van der Waals surface area contributed by atoms with Crippen molar-refractivity contribution in [1.29, 1.82) is 0 Å². The molecule has 1 N–H and O–H groups in total. The Morgan fingerprint density at radius 2 is 1.80 bits per heavy atom. The van der Waals surface area contributed by atoms with Crippen molar-refractivity contribution >= 4 is 23.4 Å². The Labute approximate surface area is 389 Å². The number of allylic oxidation sites excluding steroid dienone is 2. The molecule has 0 aromatic heterocycles. The van der Waals surface area contributed by atoms with Gasteiger partial charge in [-0.05, 0) is 62.2 Å². The fourth-order valence-electron chi connectivity index (χ4n) is 10.6. The van der Waals surface area contributed by atoms with E-state index in [4.69, 9.17) is 47.6 Å². The smallest absolute Gasteiger partial charge is 0.361 e. The lowest BCUT2D eigenvalue weighted by molar-refractivity contribution is -0.340. The molecule has 1 aromatic rings. The van der Waals surface area contributed by atoms with Gasteiger partial charge in [0.05, 0.1) is 31.0 Å². The molecule has 362 valence electrons. The number of rotatable bonds is 10. The average Bonchev–Trinajstić information content (AvgIpc) is 3.64. The highest BCUT2D eigenvalue weighted by Crippen LogP contribution is 2.47. The maximum absolute atomic E-state index is 14.5. The van der Waals surface area contributed by atoms with Crippen LogP contribution in [0.3, 0.4) is 0 Å². The van der Waals surface area contributed by atoms with Crippen molar-refractivity contribution in [2.45, 2.75) is 160 Å². The summed E-state index contributed by atoms with van der Waals surface area (Å²) in [5, 5.41) is 21.0. The van der Waals surface area contributed by atoms with Crippen LogP contribution < -0.4 is 0 Å². The predicted molar refractivity (Wildman–Crippen MR) is 245 cm³/mol. The number of carbonyl (C=O) groups is 2. The van der Waals surface area contributed by atoms with Gasteiger partial charge in [0.15, 0.2) is 23.9 Å². The minimum Gasteiger partial charge on any atom is -0.462 e. The van der Waals surface area contributed by atoms with Crippen molar-refractivity contribution in [1.82, 2.24) is 0 Å². The van der Waals surface area contributed by atoms with Crippen LogP contribution in [0.25, 0.3) is 0 Å². The Kier molecular flexibility index (Phi) is 16.1. The second-order valence-corrected chi connectivity index (χ2v) is 19.0. The summed E-state index contributed by atoms with van der Waals surface area (Å²) >= 11 is 0. The van der Waals surface area contributed by atoms with E-state index in [1.165, 1.54) is 14.2 Å². The van der Waals surface area contributed by atoms with Crippen LogP contribution in [0.4, 0.5) is 0 Å². The molecule has 2 bridgehead atoms. The van der Waals surface area contributed by atoms with E-state index in [1.807, 2.05) is 39.0 Å². The van der Waals surface area contributed by atoms with Gasteiger partial charge in [-0.15, -0.1) is 0 Å². The van der Waals surface area contributed by atoms with E-state index in [0.717, 1.165) is 18.4 Å². The van der Waals surface area contributed by atoms with Crippen LogP contribution in [-0.4, -0.2) is 123 Å². The van der Waals surface area contributed by atoms with Gasteiger partial charge >= 0.3 is 11.9 Å². The summed E-state index contributed by atoms with van der Waals surface area (Å²) in [6.07, 6.45) is 8.55. The summed E-state index contributed by atoms with van der Waals surface area (Å²) in [5.41, 5.74) is 1.29. The SMILES string of the molecule is CCC(C)[C@H]1OC2(CC[C@@H]1C)C[C@@H]1C[C@@H](C/C=C(\C)[C@@H](O[C@H]3C[C@H](OC)[C@@H](OC(=O)/C(=N\OC)c4ccccc4)[C@H](C)O3)[C@@H](C)/C=C/C=C3\CO[C@@H]4/C(=N/OC)C(C)=C[C@@H](C(=O)O1)[C@]34O)O2. The van der Waals surface area contributed by atoms with Crippen LogP contribution in [0.5, 0.6) is 0 Å². The molecule has 66 heavy (non-hydrogen) atoms. The number of aliphatic hydroxyl groups is 1. The van der Waals surface area contributed by atoms with Crippen LogP contribution in [0, 0.1) is 23.7 Å². The Morgan fingerprint density at radius 1 is 1.03 bits per heavy atom. The lowest BCUT2D eigenvalue weighted by Crippen LogP contribution is -2.57. The van der Waals surface area contributed by atoms with Crippen LogP contribution in [-0.2, 0) is 57.2 Å². The molecule has 7 rings (SSSR count). The second-order valence-electron chi connectivity index (χ2n) is 19.0. The molecule has 0 radical (unpaired) electrons. The first kappa shape index (κ1) is 49.7. The fraction of sp³-hybridized carbons (Fsp3) is 0.647. The van der Waals surface area contributed by atoms with Crippen LogP contribution in [0.2, 0.25) is 0 Å². The molecule has 5 heterocycles. The first-order valence-electron chi connectivity index (χ1n) is 23.6. The van der Waals surface area contributed by atoms with Gasteiger partial charge in [-0.25, -0.2) is 4.79 Å². The molecule has 0 amide bonds. The zero-order chi connectivity index (χ0) is 47.3. The molecule has 2 unspecified atom stereocenters. The molecular weight excluding hydrogens is 849 g/mol. The largest absolute Gasteiger partial charge is 0.462 e. The molecule has 4 fully saturated rings. The molecule has 1 spiro atoms. The number of ether oxygens (including phenoxy) is 8. The van der Waals surface area contributed by atoms with E-state index in [2.05, 4.69) is 44.1 Å². The molecule has 15 atom stereocenters. The lowest BCUT2D eigenvalue weighted by atomic mass is 9.71. The van der Waals surface area contributed by atoms with E-state index in [9.17, 15) is 14.7 Å². The number of carbonyl (C=O) groups excluding carboxylic acids is 2. The maximum atomic E-state index is 14.5. The van der Waals surface area contributed by atoms with Gasteiger partial charge in [0.2, 0.25) is 0 Å². The van der Waals surface area contributed by atoms with Crippen molar-refractivity contribution in [3.05, 3.63) is 83.0 Å². The van der Waals surface area contributed by atoms with Crippen molar-refractivity contribution in [3.63, 3.8) is 0 Å². The number of benzene rings is 1. The predicted octanol–water partition coefficient (Wildman–Crippen LogP) is 7.31. The van der Waals surface area contributed by atoms with Gasteiger partial charge < -0.3 is 52.7 Å². The summed E-state index contributed by atoms with van der Waals surface area (Å²) in [5.74, 6) is -2.83. The van der Waals surface area contributed by atoms with Gasteiger partial charge in [0.1, 0.15) is 49.8 Å². The zero-order valence-corrected chi connectivity index (χ0v) is 40.2. The number of hydrogen-bond donors (Lipinski definition) is 1. The molecule has 15 heteroatoms. The normalized spacial score (nSPS) is 40.7. The number of methoxy groups -OCH3 is 1. The highest BCUT2D eigenvalue weighted by atomic mass is 16.7. The average molecular weight is 919 g/mol. The third-order valence-electron chi connectivity index (χ3n) is 14.4. The number of oxime groups is 2. The molecule has 15 nitrogen and oxygen atoms in total. The molecular formula is C51H70N2O13. The minimum atomic E-state index is -1.80. The Bertz CT molecular complexity index is 2060. The fourth-order valence-corrected chi connectivity index (χ4v) is 10.6. The van der Waals surface area contributed by atoms with E-state index in [-0.39, 0.29) is 36.9 Å². The van der Waals surface area contributed by atoms with Gasteiger partial charge in [-0.2, -0.15) is 0 Å². The third kappa shape index (κ3) is 10.4. The summed E-state index contributed by atoms with van der Waals surface area (Å²) in [6, 6.07) is 8.97. The standard InChI is InChI=1S/C51H70N2O13/c1-11-29(2)45-32(5)22-23-50(66-45)27-38-25-37(65-50)21-20-31(4)44(30(3)16-15-19-36-28-60-47-42(52-58-9)33(6)24-39(48(54)62-38)51(36,47)56)63-41-26-40(57-8)46(34(7)61-41)64-49(55)43(53-59-10)35-17-13-12-14-18-35/h12-20,24,29-30,32,34,37-41,44-47,56H,11,21-23,25-28H2,1-10H3/b16-15+,31-20+,36-19+,52-42+,53-43-/t29?,30-,32-,34-,37+,38-,39-,40-,41-,44-,45+,46-,47+,50?,51+/m0/s1. The van der Waals surface area contributed by atoms with Gasteiger partial charge in [0.25, 0.3) is 0 Å². The number of fused-ring (bicyclic) bond motifs is 2. The van der Waals surface area contributed by atoms with E-state index in [1.54, 1.807) is 43.5 Å².